The van der Waals surface area contributed by atoms with Crippen molar-refractivity contribution in [1.29, 1.82) is 0 Å². The third-order valence-electron chi connectivity index (χ3n) is 4.46. The zero-order chi connectivity index (χ0) is 13.5. The van der Waals surface area contributed by atoms with Gasteiger partial charge in [-0.05, 0) is 36.4 Å². The summed E-state index contributed by atoms with van der Waals surface area (Å²) in [4.78, 5) is 8.92. The fourth-order valence-corrected chi connectivity index (χ4v) is 3.41. The highest BCUT2D eigenvalue weighted by Crippen LogP contribution is 2.36. The number of hydrogen-bond donors (Lipinski definition) is 1. The second-order valence-corrected chi connectivity index (χ2v) is 6.08. The van der Waals surface area contributed by atoms with E-state index in [1.54, 1.807) is 0 Å². The van der Waals surface area contributed by atoms with E-state index in [1.807, 2.05) is 18.5 Å². The first-order valence-electron chi connectivity index (χ1n) is 7.44. The summed E-state index contributed by atoms with van der Waals surface area (Å²) in [6, 6.07) is 9.05. The smallest absolute Gasteiger partial charge is 0.111 e. The maximum Gasteiger partial charge on any atom is 0.111 e. The second-order valence-electron chi connectivity index (χ2n) is 6.08. The minimum Gasteiger partial charge on any atom is -0.316 e. The van der Waals surface area contributed by atoms with Gasteiger partial charge in [0.15, 0.2) is 0 Å². The van der Waals surface area contributed by atoms with Crippen molar-refractivity contribution >= 4 is 17.1 Å². The molecule has 2 unspecified atom stereocenters. The lowest BCUT2D eigenvalue weighted by Crippen LogP contribution is -2.33. The highest BCUT2D eigenvalue weighted by molar-refractivity contribution is 5.92. The van der Waals surface area contributed by atoms with Crippen LogP contribution in [0.25, 0.3) is 10.9 Å². The van der Waals surface area contributed by atoms with Crippen LogP contribution in [0.2, 0.25) is 0 Å². The average Bonchev–Trinajstić information content (AvgIpc) is 3.31. The molecule has 0 saturated carbocycles. The molecule has 20 heavy (non-hydrogen) atoms. The average molecular weight is 265 g/mol. The van der Waals surface area contributed by atoms with Crippen LogP contribution in [0.1, 0.15) is 36.4 Å². The summed E-state index contributed by atoms with van der Waals surface area (Å²) in [6.07, 6.45) is 5.14. The monoisotopic (exact) mass is 265 g/mol. The van der Waals surface area contributed by atoms with E-state index in [0.29, 0.717) is 5.92 Å². The van der Waals surface area contributed by atoms with E-state index < -0.39 is 0 Å². The first-order chi connectivity index (χ1) is 9.83. The van der Waals surface area contributed by atoms with Crippen molar-refractivity contribution in [3.05, 3.63) is 41.6 Å². The van der Waals surface area contributed by atoms with Crippen LogP contribution in [0, 0.1) is 5.92 Å². The molecular weight excluding hydrogens is 246 g/mol. The van der Waals surface area contributed by atoms with Crippen molar-refractivity contribution in [3.8, 4) is 0 Å². The molecule has 1 aromatic heterocycles. The molecule has 3 heteroatoms. The summed E-state index contributed by atoms with van der Waals surface area (Å²) in [7, 11) is 0. The Bertz CT molecular complexity index is 671. The van der Waals surface area contributed by atoms with E-state index >= 15 is 0 Å². The summed E-state index contributed by atoms with van der Waals surface area (Å²) in [5.41, 5.74) is 3.82. The molecule has 1 aromatic carbocycles. The fraction of sp³-hybridized carbons (Fsp3) is 0.412. The molecular formula is C17H19N3. The van der Waals surface area contributed by atoms with Crippen LogP contribution in [-0.2, 0) is 0 Å². The Morgan fingerprint density at radius 2 is 2.00 bits per heavy atom. The molecule has 4 rings (SSSR count). The standard InChI is InChI=1S/C17H19N3/c1-11-7-12(9-18-8-11)13-4-5-15(16-10-20-16)17-14(13)3-2-6-19-17/h2-6,10-12,16,18H,7-9H2,1H3/t11-,12?,16?/m1/s1. The van der Waals surface area contributed by atoms with E-state index in [0.717, 1.165) is 24.5 Å². The molecule has 2 aromatic rings. The summed E-state index contributed by atoms with van der Waals surface area (Å²) in [6.45, 7) is 4.54. The van der Waals surface area contributed by atoms with Crippen molar-refractivity contribution in [1.82, 2.24) is 10.3 Å². The van der Waals surface area contributed by atoms with Crippen LogP contribution >= 0.6 is 0 Å². The topological polar surface area (TPSA) is 37.3 Å². The van der Waals surface area contributed by atoms with Crippen LogP contribution in [0.4, 0.5) is 0 Å². The van der Waals surface area contributed by atoms with E-state index in [2.05, 4.69) is 40.4 Å². The minimum absolute atomic E-state index is 0.268. The second kappa shape index (κ2) is 4.67. The van der Waals surface area contributed by atoms with Crippen molar-refractivity contribution in [2.75, 3.05) is 13.1 Å². The summed E-state index contributed by atoms with van der Waals surface area (Å²) in [5, 5.41) is 4.86. The van der Waals surface area contributed by atoms with Crippen LogP contribution < -0.4 is 5.32 Å². The maximum atomic E-state index is 4.62. The normalized spacial score (nSPS) is 28.8. The quantitative estimate of drug-likeness (QED) is 0.906. The first kappa shape index (κ1) is 12.0. The fourth-order valence-electron chi connectivity index (χ4n) is 3.41. The van der Waals surface area contributed by atoms with Gasteiger partial charge in [0.2, 0.25) is 0 Å². The molecule has 0 bridgehead atoms. The SMILES string of the molecule is C[C@H]1CNCC(c2ccc(C3C=N3)c3ncccc23)C1. The lowest BCUT2D eigenvalue weighted by molar-refractivity contribution is 0.365. The molecule has 3 nitrogen and oxygen atoms in total. The predicted octanol–water partition coefficient (Wildman–Crippen LogP) is 3.07. The molecule has 0 spiro atoms. The number of pyridine rings is 1. The van der Waals surface area contributed by atoms with Gasteiger partial charge in [-0.3, -0.25) is 9.98 Å². The van der Waals surface area contributed by atoms with Crippen molar-refractivity contribution in [2.45, 2.75) is 25.3 Å². The molecule has 3 heterocycles. The van der Waals surface area contributed by atoms with E-state index in [-0.39, 0.29) is 6.04 Å². The molecule has 1 fully saturated rings. The molecule has 102 valence electrons. The minimum atomic E-state index is 0.268. The lowest BCUT2D eigenvalue weighted by Gasteiger charge is -2.29. The van der Waals surface area contributed by atoms with Crippen molar-refractivity contribution in [3.63, 3.8) is 0 Å². The van der Waals surface area contributed by atoms with Crippen LogP contribution in [0.3, 0.4) is 0 Å². The molecule has 1 N–H and O–H groups in total. The van der Waals surface area contributed by atoms with Gasteiger partial charge in [0.05, 0.1) is 5.52 Å². The van der Waals surface area contributed by atoms with E-state index in [9.17, 15) is 0 Å². The predicted molar refractivity (Wildman–Crippen MR) is 82.4 cm³/mol. The first-order valence-corrected chi connectivity index (χ1v) is 7.44. The summed E-state index contributed by atoms with van der Waals surface area (Å²) < 4.78 is 0. The van der Waals surface area contributed by atoms with E-state index in [1.165, 1.54) is 22.9 Å². The molecule has 0 radical (unpaired) electrons. The zero-order valence-corrected chi connectivity index (χ0v) is 11.7. The third kappa shape index (κ3) is 2.02. The number of nitrogens with zero attached hydrogens (tertiary/aromatic N) is 2. The number of aromatic nitrogens is 1. The molecule has 2 aliphatic rings. The summed E-state index contributed by atoms with van der Waals surface area (Å²) in [5.74, 6) is 1.34. The maximum absolute atomic E-state index is 4.62. The van der Waals surface area contributed by atoms with Gasteiger partial charge in [0, 0.05) is 29.9 Å². The largest absolute Gasteiger partial charge is 0.316 e. The Balaban J connectivity index is 1.81. The molecule has 3 atom stereocenters. The van der Waals surface area contributed by atoms with Crippen LogP contribution in [-0.4, -0.2) is 24.3 Å². The summed E-state index contributed by atoms with van der Waals surface area (Å²) >= 11 is 0. The Morgan fingerprint density at radius 1 is 1.15 bits per heavy atom. The Hall–Kier alpha value is -1.74. The van der Waals surface area contributed by atoms with Crippen LogP contribution in [0.5, 0.6) is 0 Å². The van der Waals surface area contributed by atoms with Gasteiger partial charge >= 0.3 is 0 Å². The number of piperidine rings is 1. The molecule has 0 amide bonds. The van der Waals surface area contributed by atoms with Crippen LogP contribution in [0.15, 0.2) is 35.5 Å². The van der Waals surface area contributed by atoms with Crippen molar-refractivity contribution < 1.29 is 0 Å². The molecule has 2 aliphatic heterocycles. The lowest BCUT2D eigenvalue weighted by atomic mass is 9.84. The van der Waals surface area contributed by atoms with Crippen molar-refractivity contribution in [2.24, 2.45) is 10.9 Å². The highest BCUT2D eigenvalue weighted by Gasteiger charge is 2.25. The number of benzene rings is 1. The van der Waals surface area contributed by atoms with Gasteiger partial charge in [-0.25, -0.2) is 0 Å². The highest BCUT2D eigenvalue weighted by atomic mass is 14.9. The number of rotatable bonds is 2. The Morgan fingerprint density at radius 3 is 2.80 bits per heavy atom. The van der Waals surface area contributed by atoms with Gasteiger partial charge < -0.3 is 5.32 Å². The Kier molecular flexibility index (Phi) is 2.81. The van der Waals surface area contributed by atoms with Gasteiger partial charge in [-0.15, -0.1) is 0 Å². The third-order valence-corrected chi connectivity index (χ3v) is 4.46. The Labute approximate surface area is 119 Å². The van der Waals surface area contributed by atoms with Gasteiger partial charge in [0.25, 0.3) is 0 Å². The number of aliphatic imine (C=N–C) groups is 1. The zero-order valence-electron chi connectivity index (χ0n) is 11.7. The van der Waals surface area contributed by atoms with Gasteiger partial charge in [-0.2, -0.15) is 0 Å². The molecule has 1 saturated heterocycles. The number of nitrogens with one attached hydrogen (secondary N) is 1. The number of hydrogen-bond acceptors (Lipinski definition) is 3. The van der Waals surface area contributed by atoms with Gasteiger partial charge in [0.1, 0.15) is 6.04 Å². The van der Waals surface area contributed by atoms with Gasteiger partial charge in [-0.1, -0.05) is 25.1 Å². The number of fused-ring (bicyclic) bond motifs is 1. The molecule has 0 aliphatic carbocycles. The van der Waals surface area contributed by atoms with E-state index in [4.69, 9.17) is 0 Å².